The summed E-state index contributed by atoms with van der Waals surface area (Å²) in [6.45, 7) is 1.02. The normalized spacial score (nSPS) is 12.5. The van der Waals surface area contributed by atoms with Crippen LogP contribution in [0.3, 0.4) is 0 Å². The van der Waals surface area contributed by atoms with E-state index in [4.69, 9.17) is 0 Å². The molecule has 6 heteroatoms. The fourth-order valence-corrected chi connectivity index (χ4v) is 3.06. The van der Waals surface area contributed by atoms with E-state index < -0.39 is 12.5 Å². The number of nitrogens with one attached hydrogen (secondary N) is 1. The number of hydrogen-bond donors (Lipinski definition) is 1. The maximum Gasteiger partial charge on any atom is 0.387 e. The predicted octanol–water partition coefficient (Wildman–Crippen LogP) is 4.48. The fourth-order valence-electron chi connectivity index (χ4n) is 2.11. The Bertz CT molecular complexity index is 614. The molecule has 0 unspecified atom stereocenters. The number of alkyl halides is 2. The van der Waals surface area contributed by atoms with Crippen LogP contribution in [0.15, 0.2) is 41.8 Å². The topological polar surface area (TPSA) is 38.3 Å². The molecular formula is C16H17F2NO2S. The quantitative estimate of drug-likeness (QED) is 0.850. The lowest BCUT2D eigenvalue weighted by Crippen LogP contribution is -2.31. The number of rotatable bonds is 6. The van der Waals surface area contributed by atoms with Crippen molar-refractivity contribution in [2.45, 2.75) is 26.5 Å². The highest BCUT2D eigenvalue weighted by atomic mass is 32.1. The van der Waals surface area contributed by atoms with Gasteiger partial charge >= 0.3 is 6.61 Å². The van der Waals surface area contributed by atoms with Gasteiger partial charge in [0, 0.05) is 4.88 Å². The van der Waals surface area contributed by atoms with Crippen molar-refractivity contribution in [3.05, 3.63) is 52.2 Å². The summed E-state index contributed by atoms with van der Waals surface area (Å²) in [6, 6.07) is 9.67. The highest BCUT2D eigenvalue weighted by molar-refractivity contribution is 7.10. The number of para-hydroxylation sites is 1. The van der Waals surface area contributed by atoms with Crippen molar-refractivity contribution < 1.29 is 18.3 Å². The average Bonchev–Trinajstić information content (AvgIpc) is 2.98. The summed E-state index contributed by atoms with van der Waals surface area (Å²) in [4.78, 5) is 13.4. The number of amides is 1. The minimum Gasteiger partial charge on any atom is -0.434 e. The van der Waals surface area contributed by atoms with Crippen molar-refractivity contribution in [3.63, 3.8) is 0 Å². The molecule has 1 heterocycles. The first-order valence-corrected chi connectivity index (χ1v) is 7.75. The molecule has 0 aliphatic carbocycles. The molecule has 1 aromatic carbocycles. The molecule has 0 saturated heterocycles. The lowest BCUT2D eigenvalue weighted by Gasteiger charge is -2.22. The zero-order chi connectivity index (χ0) is 16.1. The molecule has 2 rings (SSSR count). The van der Waals surface area contributed by atoms with Crippen LogP contribution in [-0.2, 0) is 0 Å². The van der Waals surface area contributed by atoms with Crippen molar-refractivity contribution >= 4 is 17.2 Å². The second kappa shape index (κ2) is 7.35. The lowest BCUT2D eigenvalue weighted by molar-refractivity contribution is -0.0501. The Hall–Kier alpha value is -1.95. The van der Waals surface area contributed by atoms with Crippen LogP contribution in [0.5, 0.6) is 5.75 Å². The zero-order valence-electron chi connectivity index (χ0n) is 12.3. The van der Waals surface area contributed by atoms with Gasteiger partial charge in [-0.1, -0.05) is 32.0 Å². The standard InChI is InChI=1S/C16H17F2NO2S/c1-10(2)14(13-8-5-9-22-13)19-15(20)11-6-3-4-7-12(11)21-16(17)18/h3-10,14,16H,1-2H3,(H,19,20)/t14-/m1/s1. The molecule has 118 valence electrons. The maximum atomic E-state index is 12.4. The lowest BCUT2D eigenvalue weighted by atomic mass is 10.0. The first kappa shape index (κ1) is 16.4. The molecule has 0 spiro atoms. The molecule has 0 aliphatic heterocycles. The highest BCUT2D eigenvalue weighted by Crippen LogP contribution is 2.27. The second-order valence-corrected chi connectivity index (χ2v) is 6.06. The first-order chi connectivity index (χ1) is 10.5. The predicted molar refractivity (Wildman–Crippen MR) is 82.4 cm³/mol. The van der Waals surface area contributed by atoms with E-state index in [0.29, 0.717) is 0 Å². The van der Waals surface area contributed by atoms with Gasteiger partial charge in [-0.25, -0.2) is 0 Å². The average molecular weight is 325 g/mol. The Morgan fingerprint density at radius 2 is 1.91 bits per heavy atom. The molecule has 0 saturated carbocycles. The van der Waals surface area contributed by atoms with E-state index in [0.717, 1.165) is 4.88 Å². The van der Waals surface area contributed by atoms with Gasteiger partial charge in [-0.2, -0.15) is 8.78 Å². The van der Waals surface area contributed by atoms with Crippen LogP contribution in [0, 0.1) is 5.92 Å². The van der Waals surface area contributed by atoms with E-state index in [1.165, 1.54) is 12.1 Å². The molecule has 0 bridgehead atoms. The van der Waals surface area contributed by atoms with Gasteiger partial charge in [0.15, 0.2) is 0 Å². The van der Waals surface area contributed by atoms with E-state index in [9.17, 15) is 13.6 Å². The Morgan fingerprint density at radius 1 is 1.18 bits per heavy atom. The summed E-state index contributed by atoms with van der Waals surface area (Å²) < 4.78 is 29.3. The largest absolute Gasteiger partial charge is 0.434 e. The molecule has 1 amide bonds. The van der Waals surface area contributed by atoms with Crippen LogP contribution in [0.25, 0.3) is 0 Å². The van der Waals surface area contributed by atoms with Gasteiger partial charge in [0.05, 0.1) is 11.6 Å². The number of carbonyl (C=O) groups is 1. The van der Waals surface area contributed by atoms with Crippen molar-refractivity contribution in [2.24, 2.45) is 5.92 Å². The molecular weight excluding hydrogens is 308 g/mol. The van der Waals surface area contributed by atoms with Gasteiger partial charge in [0.1, 0.15) is 5.75 Å². The van der Waals surface area contributed by atoms with Crippen LogP contribution in [0.4, 0.5) is 8.78 Å². The molecule has 1 atom stereocenters. The monoisotopic (exact) mass is 325 g/mol. The molecule has 3 nitrogen and oxygen atoms in total. The molecule has 2 aromatic rings. The van der Waals surface area contributed by atoms with Crippen LogP contribution < -0.4 is 10.1 Å². The molecule has 0 aliphatic rings. The van der Waals surface area contributed by atoms with E-state index in [1.54, 1.807) is 23.5 Å². The van der Waals surface area contributed by atoms with E-state index in [2.05, 4.69) is 10.1 Å². The maximum absolute atomic E-state index is 12.4. The Balaban J connectivity index is 2.21. The third kappa shape index (κ3) is 4.04. The van der Waals surface area contributed by atoms with E-state index in [1.807, 2.05) is 31.4 Å². The Labute approximate surface area is 131 Å². The molecule has 1 aromatic heterocycles. The fraction of sp³-hybridized carbons (Fsp3) is 0.312. The summed E-state index contributed by atoms with van der Waals surface area (Å²) in [5.41, 5.74) is 0.102. The number of hydrogen-bond acceptors (Lipinski definition) is 3. The van der Waals surface area contributed by atoms with Crippen LogP contribution >= 0.6 is 11.3 Å². The number of halogens is 2. The van der Waals surface area contributed by atoms with Crippen molar-refractivity contribution in [3.8, 4) is 5.75 Å². The minimum absolute atomic E-state index is 0.102. The van der Waals surface area contributed by atoms with E-state index >= 15 is 0 Å². The summed E-state index contributed by atoms with van der Waals surface area (Å²) in [7, 11) is 0. The molecule has 0 radical (unpaired) electrons. The van der Waals surface area contributed by atoms with Crippen molar-refractivity contribution in [1.29, 1.82) is 0 Å². The number of ether oxygens (including phenoxy) is 1. The van der Waals surface area contributed by atoms with Gasteiger partial charge in [-0.15, -0.1) is 11.3 Å². The van der Waals surface area contributed by atoms with Gasteiger partial charge in [0.25, 0.3) is 5.91 Å². The van der Waals surface area contributed by atoms with Crippen LogP contribution in [-0.4, -0.2) is 12.5 Å². The third-order valence-electron chi connectivity index (χ3n) is 3.15. The van der Waals surface area contributed by atoms with Gasteiger partial charge in [-0.3, -0.25) is 4.79 Å². The Kier molecular flexibility index (Phi) is 5.49. The van der Waals surface area contributed by atoms with Crippen LogP contribution in [0.2, 0.25) is 0 Å². The third-order valence-corrected chi connectivity index (χ3v) is 4.11. The minimum atomic E-state index is -2.97. The SMILES string of the molecule is CC(C)[C@@H](NC(=O)c1ccccc1OC(F)F)c1cccs1. The summed E-state index contributed by atoms with van der Waals surface area (Å²) >= 11 is 1.55. The smallest absolute Gasteiger partial charge is 0.387 e. The summed E-state index contributed by atoms with van der Waals surface area (Å²) in [6.07, 6.45) is 0. The number of benzene rings is 1. The van der Waals surface area contributed by atoms with Gasteiger partial charge in [-0.05, 0) is 29.5 Å². The molecule has 0 fully saturated rings. The first-order valence-electron chi connectivity index (χ1n) is 6.87. The van der Waals surface area contributed by atoms with Gasteiger partial charge in [0.2, 0.25) is 0 Å². The molecule has 1 N–H and O–H groups in total. The molecule has 22 heavy (non-hydrogen) atoms. The van der Waals surface area contributed by atoms with E-state index in [-0.39, 0.29) is 23.3 Å². The Morgan fingerprint density at radius 3 is 2.50 bits per heavy atom. The van der Waals surface area contributed by atoms with Gasteiger partial charge < -0.3 is 10.1 Å². The highest BCUT2D eigenvalue weighted by Gasteiger charge is 2.22. The summed E-state index contributed by atoms with van der Waals surface area (Å²) in [5, 5.41) is 4.83. The summed E-state index contributed by atoms with van der Waals surface area (Å²) in [5.74, 6) is -0.377. The number of carbonyl (C=O) groups excluding carboxylic acids is 1. The number of thiophene rings is 1. The second-order valence-electron chi connectivity index (χ2n) is 5.09. The van der Waals surface area contributed by atoms with Crippen LogP contribution in [0.1, 0.15) is 35.1 Å². The van der Waals surface area contributed by atoms with Crippen molar-refractivity contribution in [1.82, 2.24) is 5.32 Å². The zero-order valence-corrected chi connectivity index (χ0v) is 13.1. The van der Waals surface area contributed by atoms with Crippen molar-refractivity contribution in [2.75, 3.05) is 0 Å².